The van der Waals surface area contributed by atoms with E-state index >= 15 is 0 Å². The van der Waals surface area contributed by atoms with Crippen LogP contribution in [0.5, 0.6) is 0 Å². The smallest absolute Gasteiger partial charge is 0.222 e. The second kappa shape index (κ2) is 7.44. The van der Waals surface area contributed by atoms with Gasteiger partial charge in [-0.2, -0.15) is 0 Å². The molecule has 0 aromatic heterocycles. The normalized spacial score (nSPS) is 18.5. The Kier molecular flexibility index (Phi) is 7.03. The molecule has 0 saturated carbocycles. The van der Waals surface area contributed by atoms with E-state index in [1.807, 2.05) is 30.6 Å². The van der Waals surface area contributed by atoms with Crippen molar-refractivity contribution in [1.82, 2.24) is 9.80 Å². The van der Waals surface area contributed by atoms with E-state index in [2.05, 4.69) is 7.85 Å². The SMILES string of the molecule is CC.CCC(=O)N1CC2(CN(C(C)=O)C2)C1.[B]C. The van der Waals surface area contributed by atoms with Gasteiger partial charge in [0.15, 0.2) is 0 Å². The van der Waals surface area contributed by atoms with E-state index in [0.717, 1.165) is 26.2 Å². The van der Waals surface area contributed by atoms with Crippen LogP contribution in [0.1, 0.15) is 34.1 Å². The molecule has 2 fully saturated rings. The van der Waals surface area contributed by atoms with Crippen molar-refractivity contribution >= 4 is 19.7 Å². The third kappa shape index (κ3) is 3.50. The molecular weight excluding hydrogens is 227 g/mol. The van der Waals surface area contributed by atoms with E-state index < -0.39 is 0 Å². The lowest BCUT2D eigenvalue weighted by atomic mass is 9.72. The van der Waals surface area contributed by atoms with Gasteiger partial charge in [0.1, 0.15) is 0 Å². The number of carbonyl (C=O) groups is 2. The van der Waals surface area contributed by atoms with Gasteiger partial charge in [-0.25, -0.2) is 0 Å². The van der Waals surface area contributed by atoms with Crippen molar-refractivity contribution in [2.75, 3.05) is 26.2 Å². The molecule has 2 heterocycles. The molecule has 102 valence electrons. The Labute approximate surface area is 112 Å². The minimum atomic E-state index is 0.149. The van der Waals surface area contributed by atoms with Gasteiger partial charge in [-0.1, -0.05) is 27.6 Å². The van der Waals surface area contributed by atoms with Crippen LogP contribution in [-0.2, 0) is 9.59 Å². The summed E-state index contributed by atoms with van der Waals surface area (Å²) in [6, 6.07) is 0. The summed E-state index contributed by atoms with van der Waals surface area (Å²) in [5, 5.41) is 0. The fourth-order valence-corrected chi connectivity index (χ4v) is 2.35. The minimum Gasteiger partial charge on any atom is -0.341 e. The third-order valence-electron chi connectivity index (χ3n) is 3.21. The highest BCUT2D eigenvalue weighted by Gasteiger charge is 2.53. The van der Waals surface area contributed by atoms with E-state index in [-0.39, 0.29) is 17.2 Å². The first-order valence-corrected chi connectivity index (χ1v) is 6.67. The molecule has 1 spiro atoms. The van der Waals surface area contributed by atoms with E-state index in [1.165, 1.54) is 6.82 Å². The van der Waals surface area contributed by atoms with Crippen molar-refractivity contribution in [2.24, 2.45) is 5.41 Å². The number of amides is 2. The van der Waals surface area contributed by atoms with Crippen LogP contribution in [-0.4, -0.2) is 55.6 Å². The minimum absolute atomic E-state index is 0.149. The monoisotopic (exact) mass is 252 g/mol. The largest absolute Gasteiger partial charge is 0.341 e. The second-order valence-electron chi connectivity index (χ2n) is 4.48. The molecule has 0 aliphatic carbocycles. The third-order valence-corrected chi connectivity index (χ3v) is 3.21. The summed E-state index contributed by atoms with van der Waals surface area (Å²) in [4.78, 5) is 26.0. The van der Waals surface area contributed by atoms with E-state index in [1.54, 1.807) is 6.92 Å². The van der Waals surface area contributed by atoms with Crippen molar-refractivity contribution in [1.29, 1.82) is 0 Å². The number of likely N-dealkylation sites (tertiary alicyclic amines) is 2. The van der Waals surface area contributed by atoms with Gasteiger partial charge < -0.3 is 9.80 Å². The Morgan fingerprint density at radius 1 is 1.06 bits per heavy atom. The number of carbonyl (C=O) groups excluding carboxylic acids is 2. The zero-order valence-corrected chi connectivity index (χ0v) is 12.3. The Balaban J connectivity index is 0.000000659. The summed E-state index contributed by atoms with van der Waals surface area (Å²) < 4.78 is 0. The maximum absolute atomic E-state index is 11.3. The summed E-state index contributed by atoms with van der Waals surface area (Å²) in [5.41, 5.74) is 0.260. The average molecular weight is 252 g/mol. The molecule has 0 aromatic rings. The number of hydrogen-bond acceptors (Lipinski definition) is 2. The molecule has 2 aliphatic rings. The Morgan fingerprint density at radius 2 is 1.44 bits per heavy atom. The zero-order chi connectivity index (χ0) is 14.3. The maximum Gasteiger partial charge on any atom is 0.222 e. The predicted octanol–water partition coefficient (Wildman–Crippen LogP) is 1.32. The molecule has 0 N–H and O–H groups in total. The van der Waals surface area contributed by atoms with Gasteiger partial charge in [0.05, 0.1) is 7.85 Å². The summed E-state index contributed by atoms with van der Waals surface area (Å²) in [6.45, 7) is 12.4. The fourth-order valence-electron chi connectivity index (χ4n) is 2.35. The van der Waals surface area contributed by atoms with Crippen LogP contribution in [0.15, 0.2) is 0 Å². The zero-order valence-electron chi connectivity index (χ0n) is 12.3. The van der Waals surface area contributed by atoms with Crippen LogP contribution in [0.4, 0.5) is 0 Å². The standard InChI is InChI=1S/C10H16N2O2.C2H6.CH3B/c1-3-9(14)12-6-10(7-12)4-11(5-10)8(2)13;2*1-2/h3-7H2,1-2H3;1-2H3;1H3. The van der Waals surface area contributed by atoms with Gasteiger partial charge in [-0.15, -0.1) is 0 Å². The first-order chi connectivity index (χ1) is 8.56. The summed E-state index contributed by atoms with van der Waals surface area (Å²) in [6.07, 6.45) is 0.590. The molecule has 0 atom stereocenters. The molecule has 0 aromatic carbocycles. The molecule has 2 rings (SSSR count). The van der Waals surface area contributed by atoms with E-state index in [0.29, 0.717) is 6.42 Å². The lowest BCUT2D eigenvalue weighted by molar-refractivity contribution is -0.166. The van der Waals surface area contributed by atoms with Crippen molar-refractivity contribution < 1.29 is 9.59 Å². The molecule has 18 heavy (non-hydrogen) atoms. The summed E-state index contributed by atoms with van der Waals surface area (Å²) >= 11 is 0. The van der Waals surface area contributed by atoms with Crippen molar-refractivity contribution in [3.63, 3.8) is 0 Å². The number of rotatable bonds is 1. The van der Waals surface area contributed by atoms with Gasteiger partial charge in [-0.05, 0) is 0 Å². The summed E-state index contributed by atoms with van der Waals surface area (Å²) in [7, 11) is 4.50. The second-order valence-corrected chi connectivity index (χ2v) is 4.48. The van der Waals surface area contributed by atoms with Gasteiger partial charge >= 0.3 is 0 Å². The van der Waals surface area contributed by atoms with Crippen LogP contribution in [0.3, 0.4) is 0 Å². The van der Waals surface area contributed by atoms with Gasteiger partial charge in [0.25, 0.3) is 0 Å². The van der Waals surface area contributed by atoms with Gasteiger partial charge in [0, 0.05) is 44.9 Å². The van der Waals surface area contributed by atoms with Crippen LogP contribution < -0.4 is 0 Å². The highest BCUT2D eigenvalue weighted by atomic mass is 16.2. The van der Waals surface area contributed by atoms with Crippen LogP contribution >= 0.6 is 0 Å². The molecule has 0 bridgehead atoms. The molecular formula is C13H25BN2O2. The molecule has 2 amide bonds. The molecule has 5 heteroatoms. The van der Waals surface area contributed by atoms with Crippen molar-refractivity contribution in [3.8, 4) is 0 Å². The quantitative estimate of drug-likeness (QED) is 0.660. The number of hydrogen-bond donors (Lipinski definition) is 0. The predicted molar refractivity (Wildman–Crippen MR) is 74.5 cm³/mol. The van der Waals surface area contributed by atoms with E-state index in [9.17, 15) is 9.59 Å². The van der Waals surface area contributed by atoms with Gasteiger partial charge in [-0.3, -0.25) is 9.59 Å². The maximum atomic E-state index is 11.3. The Bertz CT molecular complexity index is 281. The number of nitrogens with zero attached hydrogens (tertiary/aromatic N) is 2. The van der Waals surface area contributed by atoms with E-state index in [4.69, 9.17) is 0 Å². The first-order valence-electron chi connectivity index (χ1n) is 6.67. The fraction of sp³-hybridized carbons (Fsp3) is 0.846. The summed E-state index contributed by atoms with van der Waals surface area (Å²) in [5.74, 6) is 0.382. The van der Waals surface area contributed by atoms with Crippen LogP contribution in [0.2, 0.25) is 6.82 Å². The highest BCUT2D eigenvalue weighted by Crippen LogP contribution is 2.39. The molecule has 2 radical (unpaired) electrons. The Morgan fingerprint density at radius 3 is 1.78 bits per heavy atom. The Hall–Kier alpha value is -0.995. The lowest BCUT2D eigenvalue weighted by Crippen LogP contribution is -2.73. The van der Waals surface area contributed by atoms with Gasteiger partial charge in [0.2, 0.25) is 11.8 Å². The molecule has 2 saturated heterocycles. The molecule has 4 nitrogen and oxygen atoms in total. The average Bonchev–Trinajstić information content (AvgIpc) is 2.30. The highest BCUT2D eigenvalue weighted by molar-refractivity contribution is 6.05. The lowest BCUT2D eigenvalue weighted by Gasteiger charge is -2.60. The van der Waals surface area contributed by atoms with Crippen molar-refractivity contribution in [3.05, 3.63) is 0 Å². The van der Waals surface area contributed by atoms with Crippen molar-refractivity contribution in [2.45, 2.75) is 40.9 Å². The van der Waals surface area contributed by atoms with Crippen LogP contribution in [0, 0.1) is 5.41 Å². The molecule has 0 unspecified atom stereocenters. The molecule has 2 aliphatic heterocycles. The first kappa shape index (κ1) is 17.0. The van der Waals surface area contributed by atoms with Crippen LogP contribution in [0.25, 0.3) is 0 Å². The topological polar surface area (TPSA) is 40.6 Å².